The Balaban J connectivity index is 1.60. The quantitative estimate of drug-likeness (QED) is 0.385. The molecule has 34 heavy (non-hydrogen) atoms. The molecule has 0 saturated heterocycles. The second-order valence-corrected chi connectivity index (χ2v) is 10.1. The molecule has 0 aromatic carbocycles. The van der Waals surface area contributed by atoms with Gasteiger partial charge in [-0.2, -0.15) is 0 Å². The Hall–Kier alpha value is -2.43. The number of methoxy groups -OCH3 is 2. The molecule has 1 N–H and O–H groups in total. The zero-order valence-corrected chi connectivity index (χ0v) is 21.4. The maximum Gasteiger partial charge on any atom is 0.235 e. The Bertz CT molecular complexity index is 1080. The van der Waals surface area contributed by atoms with Gasteiger partial charge in [0.2, 0.25) is 11.8 Å². The van der Waals surface area contributed by atoms with E-state index in [1.165, 1.54) is 31.2 Å². The van der Waals surface area contributed by atoms with E-state index in [1.54, 1.807) is 26.6 Å². The number of hydrogen-bond donors (Lipinski definition) is 1. The first kappa shape index (κ1) is 24.7. The Morgan fingerprint density at radius 2 is 1.91 bits per heavy atom. The summed E-state index contributed by atoms with van der Waals surface area (Å²) in [6.07, 6.45) is 7.52. The molecule has 3 aromatic rings. The highest BCUT2D eigenvalue weighted by Gasteiger charge is 2.30. The van der Waals surface area contributed by atoms with Crippen LogP contribution in [0.15, 0.2) is 30.6 Å². The van der Waals surface area contributed by atoms with E-state index in [9.17, 15) is 0 Å². The van der Waals surface area contributed by atoms with Gasteiger partial charge in [0.1, 0.15) is 11.8 Å². The number of nitrogens with one attached hydrogen (secondary N) is 1. The first-order chi connectivity index (χ1) is 16.5. The smallest absolute Gasteiger partial charge is 0.235 e. The van der Waals surface area contributed by atoms with Gasteiger partial charge in [-0.25, -0.2) is 15.0 Å². The molecule has 9 nitrogen and oxygen atoms in total. The van der Waals surface area contributed by atoms with Crippen LogP contribution < -0.4 is 9.46 Å². The van der Waals surface area contributed by atoms with Crippen LogP contribution in [0.2, 0.25) is 5.02 Å². The van der Waals surface area contributed by atoms with Crippen LogP contribution in [0.25, 0.3) is 11.5 Å². The van der Waals surface area contributed by atoms with Crippen LogP contribution in [0, 0.1) is 5.92 Å². The van der Waals surface area contributed by atoms with Crippen molar-refractivity contribution < 1.29 is 9.47 Å². The first-order valence-corrected chi connectivity index (χ1v) is 12.7. The van der Waals surface area contributed by atoms with E-state index in [-0.39, 0.29) is 17.4 Å². The molecule has 3 heterocycles. The predicted octanol–water partition coefficient (Wildman–Crippen LogP) is 5.38. The summed E-state index contributed by atoms with van der Waals surface area (Å²) in [6, 6.07) is 5.97. The molecule has 4 unspecified atom stereocenters. The molecular formula is C23H30ClN7O2S. The fourth-order valence-electron chi connectivity index (χ4n) is 4.37. The van der Waals surface area contributed by atoms with Gasteiger partial charge in [-0.05, 0) is 43.7 Å². The van der Waals surface area contributed by atoms with Gasteiger partial charge in [-0.3, -0.25) is 9.29 Å². The minimum Gasteiger partial charge on any atom is -0.481 e. The van der Waals surface area contributed by atoms with E-state index in [0.29, 0.717) is 28.6 Å². The van der Waals surface area contributed by atoms with Crippen LogP contribution in [0.4, 0.5) is 5.95 Å². The zero-order chi connectivity index (χ0) is 24.1. The number of nitrogens with zero attached hydrogens (tertiary/aromatic N) is 6. The van der Waals surface area contributed by atoms with Gasteiger partial charge < -0.3 is 9.47 Å². The third-order valence-electron chi connectivity index (χ3n) is 6.17. The Morgan fingerprint density at radius 3 is 2.62 bits per heavy atom. The summed E-state index contributed by atoms with van der Waals surface area (Å²) in [5.74, 6) is 3.07. The normalized spacial score (nSPS) is 20.0. The largest absolute Gasteiger partial charge is 0.481 e. The number of hydrogen-bond acceptors (Lipinski definition) is 9. The van der Waals surface area contributed by atoms with Crippen LogP contribution in [0.1, 0.15) is 57.5 Å². The number of halogens is 1. The standard InChI is InChI=1S/C23H30ClN7O2S/c1-14-8-5-6-10-18(14)31-22(17-9-7-11-19(27-17)32-3)28-29-23(31)30-34-15(2)20(33-4)21-25-12-16(24)13-26-21/h7,9,11-15,18,20H,5-6,8,10H2,1-4H3,(H,29,30). The van der Waals surface area contributed by atoms with Gasteiger partial charge in [0.05, 0.1) is 17.4 Å². The van der Waals surface area contributed by atoms with Crippen LogP contribution in [0.5, 0.6) is 5.88 Å². The fourth-order valence-corrected chi connectivity index (χ4v) is 5.25. The van der Waals surface area contributed by atoms with Gasteiger partial charge in [0.15, 0.2) is 11.6 Å². The third kappa shape index (κ3) is 5.45. The molecule has 3 aromatic heterocycles. The summed E-state index contributed by atoms with van der Waals surface area (Å²) in [6.45, 7) is 4.35. The Morgan fingerprint density at radius 1 is 1.15 bits per heavy atom. The van der Waals surface area contributed by atoms with Crippen LogP contribution in [0.3, 0.4) is 0 Å². The fraction of sp³-hybridized carbons (Fsp3) is 0.522. The molecule has 1 saturated carbocycles. The SMILES string of the molecule is COc1cccc(-c2nnc(NSC(C)C(OC)c3ncc(Cl)cn3)n2C2CCCCC2C)n1. The predicted molar refractivity (Wildman–Crippen MR) is 134 cm³/mol. The van der Waals surface area contributed by atoms with E-state index in [0.717, 1.165) is 17.9 Å². The molecule has 1 fully saturated rings. The van der Waals surface area contributed by atoms with Crippen molar-refractivity contribution in [3.8, 4) is 17.4 Å². The molecule has 0 aliphatic heterocycles. The van der Waals surface area contributed by atoms with Gasteiger partial charge >= 0.3 is 0 Å². The Labute approximate surface area is 209 Å². The van der Waals surface area contributed by atoms with Gasteiger partial charge in [-0.15, -0.1) is 10.2 Å². The number of ether oxygens (including phenoxy) is 2. The summed E-state index contributed by atoms with van der Waals surface area (Å²) in [7, 11) is 3.26. The first-order valence-electron chi connectivity index (χ1n) is 11.4. The number of pyridine rings is 1. The van der Waals surface area contributed by atoms with Crippen LogP contribution in [-0.4, -0.2) is 49.2 Å². The lowest BCUT2D eigenvalue weighted by atomic mass is 9.85. The number of rotatable bonds is 9. The van der Waals surface area contributed by atoms with Crippen molar-refractivity contribution in [2.24, 2.45) is 5.92 Å². The summed E-state index contributed by atoms with van der Waals surface area (Å²) in [4.78, 5) is 13.3. The van der Waals surface area contributed by atoms with Crippen LogP contribution in [-0.2, 0) is 4.74 Å². The zero-order valence-electron chi connectivity index (χ0n) is 19.8. The molecule has 1 aliphatic rings. The second kappa shape index (κ2) is 11.3. The van der Waals surface area contributed by atoms with Crippen molar-refractivity contribution in [3.63, 3.8) is 0 Å². The molecule has 1 aliphatic carbocycles. The monoisotopic (exact) mass is 503 g/mol. The highest BCUT2D eigenvalue weighted by atomic mass is 35.5. The molecule has 4 atom stereocenters. The highest BCUT2D eigenvalue weighted by molar-refractivity contribution is 8.01. The third-order valence-corrected chi connectivity index (χ3v) is 7.28. The molecule has 0 spiro atoms. The number of anilines is 1. The van der Waals surface area contributed by atoms with Crippen molar-refractivity contribution in [1.29, 1.82) is 0 Å². The Kier molecular flexibility index (Phi) is 8.23. The second-order valence-electron chi connectivity index (χ2n) is 8.45. The van der Waals surface area contributed by atoms with Crippen molar-refractivity contribution in [1.82, 2.24) is 29.7 Å². The van der Waals surface area contributed by atoms with Gasteiger partial charge in [0, 0.05) is 31.6 Å². The van der Waals surface area contributed by atoms with E-state index in [2.05, 4.69) is 48.3 Å². The lowest BCUT2D eigenvalue weighted by Crippen LogP contribution is -2.24. The van der Waals surface area contributed by atoms with Gasteiger partial charge in [0.25, 0.3) is 0 Å². The molecule has 11 heteroatoms. The van der Waals surface area contributed by atoms with Crippen molar-refractivity contribution in [2.75, 3.05) is 18.9 Å². The average Bonchev–Trinajstić information content (AvgIpc) is 3.28. The van der Waals surface area contributed by atoms with E-state index >= 15 is 0 Å². The molecule has 0 amide bonds. The van der Waals surface area contributed by atoms with E-state index < -0.39 is 0 Å². The summed E-state index contributed by atoms with van der Waals surface area (Å²) >= 11 is 7.44. The summed E-state index contributed by atoms with van der Waals surface area (Å²) in [5, 5.41) is 9.52. The lowest BCUT2D eigenvalue weighted by molar-refractivity contribution is 0.0972. The maximum atomic E-state index is 5.94. The minimum atomic E-state index is -0.320. The molecule has 0 bridgehead atoms. The maximum absolute atomic E-state index is 5.94. The average molecular weight is 504 g/mol. The van der Waals surface area contributed by atoms with E-state index in [4.69, 9.17) is 21.1 Å². The topological polar surface area (TPSA) is 99.9 Å². The van der Waals surface area contributed by atoms with E-state index in [1.807, 2.05) is 18.2 Å². The molecular weight excluding hydrogens is 474 g/mol. The van der Waals surface area contributed by atoms with Crippen molar-refractivity contribution >= 4 is 29.5 Å². The number of aromatic nitrogens is 6. The highest BCUT2D eigenvalue weighted by Crippen LogP contribution is 2.39. The van der Waals surface area contributed by atoms with Crippen molar-refractivity contribution in [2.45, 2.75) is 56.9 Å². The molecule has 182 valence electrons. The van der Waals surface area contributed by atoms with Gasteiger partial charge in [-0.1, -0.05) is 37.4 Å². The minimum absolute atomic E-state index is 0.0153. The lowest BCUT2D eigenvalue weighted by Gasteiger charge is -2.31. The van der Waals surface area contributed by atoms with Crippen LogP contribution >= 0.6 is 23.5 Å². The summed E-state index contributed by atoms with van der Waals surface area (Å²) < 4.78 is 16.7. The molecule has 0 radical (unpaired) electrons. The van der Waals surface area contributed by atoms with Crippen molar-refractivity contribution in [3.05, 3.63) is 41.4 Å². The summed E-state index contributed by atoms with van der Waals surface area (Å²) in [5.41, 5.74) is 0.736. The molecule has 4 rings (SSSR count).